The molecular weight excluding hydrogens is 641 g/mol. The van der Waals surface area contributed by atoms with Gasteiger partial charge >= 0.3 is 0 Å². The number of nitrogens with zero attached hydrogens (tertiary/aromatic N) is 6. The summed E-state index contributed by atoms with van der Waals surface area (Å²) in [4.78, 5) is 18.1. The summed E-state index contributed by atoms with van der Waals surface area (Å²) in [6, 6.07) is 27.7. The normalized spacial score (nSPS) is 12.3. The van der Waals surface area contributed by atoms with Crippen LogP contribution in [0.25, 0.3) is 79.2 Å². The molecule has 0 spiro atoms. The van der Waals surface area contributed by atoms with Crippen molar-refractivity contribution in [3.63, 3.8) is 0 Å². The second-order valence-corrected chi connectivity index (χ2v) is 13.6. The smallest absolute Gasteiger partial charge is 0.176 e. The van der Waals surface area contributed by atoms with E-state index < -0.39 is 0 Å². The van der Waals surface area contributed by atoms with Gasteiger partial charge in [0, 0.05) is 85.3 Å². The van der Waals surface area contributed by atoms with Crippen LogP contribution in [-0.4, -0.2) is 19.9 Å². The van der Waals surface area contributed by atoms with Crippen LogP contribution in [0, 0.1) is 0 Å². The van der Waals surface area contributed by atoms with Crippen molar-refractivity contribution < 1.29 is 18.3 Å². The zero-order valence-electron chi connectivity index (χ0n) is 29.5. The fraction of sp³-hybridized carbons (Fsp3) is 0.0909. The molecule has 9 heterocycles. The Hall–Kier alpha value is -6.80. The van der Waals surface area contributed by atoms with Gasteiger partial charge in [-0.3, -0.25) is 0 Å². The van der Waals surface area contributed by atoms with Gasteiger partial charge in [0.2, 0.25) is 0 Å². The predicted molar refractivity (Wildman–Crippen MR) is 204 cm³/mol. The molecule has 0 unspecified atom stereocenters. The Labute approximate surface area is 301 Å². The van der Waals surface area contributed by atoms with E-state index in [4.69, 9.17) is 9.97 Å². The van der Waals surface area contributed by atoms with E-state index in [1.165, 1.54) is 0 Å². The standard InChI is InChI=1S/C44H38N8/c1-49-17-5-9-29(25-49)38-23-37-22-35-14-13-33(45-35)21-34-15-16-36(46-34)24-39-40(30-10-6-18-50(2)26-30)41(31-11-7-19-51(3)27-31)44(48-39)42(43(38)47-37)32-12-8-20-52(4)28-32/h5-28,45,48H,1-4H3/q+4. The first-order valence-corrected chi connectivity index (χ1v) is 17.4. The lowest BCUT2D eigenvalue weighted by molar-refractivity contribution is -0.671. The van der Waals surface area contributed by atoms with Crippen LogP contribution < -0.4 is 18.3 Å². The number of aryl methyl sites for hydroxylation is 4. The van der Waals surface area contributed by atoms with E-state index in [0.29, 0.717) is 0 Å². The van der Waals surface area contributed by atoms with E-state index in [2.05, 4.69) is 203 Å². The molecule has 0 aromatic carbocycles. The van der Waals surface area contributed by atoms with Crippen molar-refractivity contribution in [3.05, 3.63) is 157 Å². The van der Waals surface area contributed by atoms with Gasteiger partial charge in [-0.1, -0.05) is 0 Å². The van der Waals surface area contributed by atoms with E-state index >= 15 is 0 Å². The molecule has 52 heavy (non-hydrogen) atoms. The number of H-pyrrole nitrogens is 2. The summed E-state index contributed by atoms with van der Waals surface area (Å²) >= 11 is 0. The fourth-order valence-electron chi connectivity index (χ4n) is 7.30. The Bertz CT molecular complexity index is 2800. The Morgan fingerprint density at radius 3 is 1.58 bits per heavy atom. The third-order valence-corrected chi connectivity index (χ3v) is 9.55. The van der Waals surface area contributed by atoms with E-state index in [1.54, 1.807) is 0 Å². The van der Waals surface area contributed by atoms with Crippen molar-refractivity contribution in [2.24, 2.45) is 28.2 Å². The number of aromatic amines is 2. The lowest BCUT2D eigenvalue weighted by atomic mass is 9.92. The van der Waals surface area contributed by atoms with Crippen LogP contribution in [0.4, 0.5) is 0 Å². The average Bonchev–Trinajstić information content (AvgIpc) is 3.93. The molecule has 0 atom stereocenters. The molecule has 0 saturated carbocycles. The summed E-state index contributed by atoms with van der Waals surface area (Å²) in [7, 11) is 8.26. The van der Waals surface area contributed by atoms with Crippen molar-refractivity contribution in [1.82, 2.24) is 19.9 Å². The van der Waals surface area contributed by atoms with Crippen LogP contribution >= 0.6 is 0 Å². The number of pyridine rings is 4. The summed E-state index contributed by atoms with van der Waals surface area (Å²) in [6.45, 7) is 0. The molecule has 9 rings (SSSR count). The Balaban J connectivity index is 1.55. The van der Waals surface area contributed by atoms with Crippen LogP contribution in [0.5, 0.6) is 0 Å². The minimum absolute atomic E-state index is 0.866. The van der Waals surface area contributed by atoms with Crippen molar-refractivity contribution in [2.45, 2.75) is 0 Å². The van der Waals surface area contributed by atoms with Gasteiger partial charge in [0.1, 0.15) is 28.2 Å². The Morgan fingerprint density at radius 1 is 0.481 bits per heavy atom. The quantitative estimate of drug-likeness (QED) is 0.213. The van der Waals surface area contributed by atoms with Gasteiger partial charge in [0.25, 0.3) is 0 Å². The van der Waals surface area contributed by atoms with Crippen molar-refractivity contribution in [3.8, 4) is 33.4 Å². The highest BCUT2D eigenvalue weighted by atomic mass is 14.9. The van der Waals surface area contributed by atoms with Gasteiger partial charge < -0.3 is 9.97 Å². The van der Waals surface area contributed by atoms with Gasteiger partial charge in [-0.25, -0.2) is 28.2 Å². The molecule has 0 fully saturated rings. The topological polar surface area (TPSA) is 72.9 Å². The number of nitrogens with one attached hydrogen (secondary N) is 2. The monoisotopic (exact) mass is 678 g/mol. The molecule has 2 N–H and O–H groups in total. The van der Waals surface area contributed by atoms with Gasteiger partial charge in [0.05, 0.1) is 28.3 Å². The minimum atomic E-state index is 0.866. The summed E-state index contributed by atoms with van der Waals surface area (Å²) in [5.41, 5.74) is 15.9. The molecular formula is C44H38N8+4. The first kappa shape index (κ1) is 31.2. The highest BCUT2D eigenvalue weighted by Crippen LogP contribution is 2.45. The lowest BCUT2D eigenvalue weighted by Crippen LogP contribution is -2.27. The van der Waals surface area contributed by atoms with Gasteiger partial charge in [-0.15, -0.1) is 0 Å². The predicted octanol–water partition coefficient (Wildman–Crippen LogP) is 6.37. The van der Waals surface area contributed by atoms with Crippen molar-refractivity contribution >= 4 is 45.9 Å². The number of hydrogen-bond donors (Lipinski definition) is 2. The molecule has 2 aliphatic rings. The highest BCUT2D eigenvalue weighted by molar-refractivity contribution is 6.10. The van der Waals surface area contributed by atoms with Gasteiger partial charge in [-0.2, -0.15) is 0 Å². The lowest BCUT2D eigenvalue weighted by Gasteiger charge is -2.10. The van der Waals surface area contributed by atoms with Crippen molar-refractivity contribution in [1.29, 1.82) is 0 Å². The molecule has 8 heteroatoms. The molecule has 8 bridgehead atoms. The Kier molecular flexibility index (Phi) is 7.51. The summed E-state index contributed by atoms with van der Waals surface area (Å²) < 4.78 is 8.40. The largest absolute Gasteiger partial charge is 0.355 e. The maximum Gasteiger partial charge on any atom is 0.176 e. The van der Waals surface area contributed by atoms with Crippen LogP contribution in [0.15, 0.2) is 128 Å². The second-order valence-electron chi connectivity index (χ2n) is 13.6. The Morgan fingerprint density at radius 2 is 0.981 bits per heavy atom. The summed E-state index contributed by atoms with van der Waals surface area (Å²) in [6.07, 6.45) is 23.3. The van der Waals surface area contributed by atoms with Gasteiger partial charge in [0.15, 0.2) is 49.6 Å². The maximum atomic E-state index is 5.49. The second kappa shape index (κ2) is 12.5. The molecule has 8 nitrogen and oxygen atoms in total. The van der Waals surface area contributed by atoms with E-state index in [9.17, 15) is 0 Å². The number of fused-ring (bicyclic) bond motifs is 8. The molecule has 250 valence electrons. The molecule has 0 amide bonds. The fourth-order valence-corrected chi connectivity index (χ4v) is 7.30. The van der Waals surface area contributed by atoms with Crippen LogP contribution in [0.2, 0.25) is 0 Å². The van der Waals surface area contributed by atoms with E-state index in [0.717, 1.165) is 89.4 Å². The molecule has 0 radical (unpaired) electrons. The van der Waals surface area contributed by atoms with Crippen LogP contribution in [0.3, 0.4) is 0 Å². The first-order chi connectivity index (χ1) is 25.3. The summed E-state index contributed by atoms with van der Waals surface area (Å²) in [5, 5.41) is 0. The molecule has 7 aromatic rings. The average molecular weight is 679 g/mol. The number of rotatable bonds is 4. The zero-order chi connectivity index (χ0) is 35.3. The van der Waals surface area contributed by atoms with Crippen molar-refractivity contribution in [2.75, 3.05) is 0 Å². The van der Waals surface area contributed by atoms with Crippen LogP contribution in [0.1, 0.15) is 28.3 Å². The number of hydrogen-bond acceptors (Lipinski definition) is 2. The van der Waals surface area contributed by atoms with E-state index in [-0.39, 0.29) is 0 Å². The third-order valence-electron chi connectivity index (χ3n) is 9.55. The molecule has 2 aliphatic heterocycles. The highest BCUT2D eigenvalue weighted by Gasteiger charge is 2.27. The minimum Gasteiger partial charge on any atom is -0.355 e. The first-order valence-electron chi connectivity index (χ1n) is 17.4. The molecule has 0 aliphatic carbocycles. The SMILES string of the molecule is C[n+]1cccc(C2=Cc3cc4ccc(cc5nc(cc6[nH]c(c(-c7ccc[n+](C)c7)c2n3)c(-c2ccc[n+](C)c2)c6-c2ccc[n+](C)c2)C=C5)[nH]4)c1. The van der Waals surface area contributed by atoms with Crippen LogP contribution in [-0.2, 0) is 28.2 Å². The van der Waals surface area contributed by atoms with Gasteiger partial charge in [-0.05, 0) is 72.8 Å². The maximum absolute atomic E-state index is 5.49. The third kappa shape index (κ3) is 5.80. The number of aromatic nitrogens is 8. The zero-order valence-corrected chi connectivity index (χ0v) is 29.5. The molecule has 0 saturated heterocycles. The van der Waals surface area contributed by atoms with E-state index in [1.807, 2.05) is 0 Å². The summed E-state index contributed by atoms with van der Waals surface area (Å²) in [5.74, 6) is 0. The molecule has 7 aromatic heterocycles.